The standard InChI is InChI=1S/C16H11FN6O.C3H6/c17-14-11(2-1-5-19-14)12-9-23-13(3-6-20-23)15(21-12)22-7-4-10(8-18)16(22)24;1-2-3-1/h1-3,5-6,9-10H,4,7H2;1-3H2. The first-order valence-corrected chi connectivity index (χ1v) is 8.85. The average Bonchev–Trinajstić information content (AvgIpc) is 3.41. The maximum absolute atomic E-state index is 14.0. The van der Waals surface area contributed by atoms with E-state index in [4.69, 9.17) is 5.26 Å². The summed E-state index contributed by atoms with van der Waals surface area (Å²) in [5.74, 6) is -1.24. The second-order valence-corrected chi connectivity index (χ2v) is 6.47. The summed E-state index contributed by atoms with van der Waals surface area (Å²) in [5.41, 5.74) is 1.16. The van der Waals surface area contributed by atoms with Crippen molar-refractivity contribution in [2.75, 3.05) is 11.4 Å². The Morgan fingerprint density at radius 2 is 2.04 bits per heavy atom. The summed E-state index contributed by atoms with van der Waals surface area (Å²) in [5, 5.41) is 13.2. The van der Waals surface area contributed by atoms with Gasteiger partial charge >= 0.3 is 0 Å². The minimum absolute atomic E-state index is 0.222. The molecular weight excluding hydrogens is 347 g/mol. The van der Waals surface area contributed by atoms with Crippen LogP contribution in [0.1, 0.15) is 25.7 Å². The van der Waals surface area contributed by atoms with Crippen molar-refractivity contribution in [1.29, 1.82) is 5.26 Å². The molecule has 0 aromatic carbocycles. The first-order valence-electron chi connectivity index (χ1n) is 8.85. The molecule has 0 N–H and O–H groups in total. The van der Waals surface area contributed by atoms with Gasteiger partial charge in [0.25, 0.3) is 0 Å². The molecule has 0 radical (unpaired) electrons. The Morgan fingerprint density at radius 1 is 1.22 bits per heavy atom. The van der Waals surface area contributed by atoms with E-state index in [1.54, 1.807) is 30.6 Å². The Hall–Kier alpha value is -3.34. The number of anilines is 1. The summed E-state index contributed by atoms with van der Waals surface area (Å²) in [6.45, 7) is 0.393. The molecule has 1 atom stereocenters. The van der Waals surface area contributed by atoms with E-state index in [0.29, 0.717) is 30.0 Å². The highest BCUT2D eigenvalue weighted by atomic mass is 19.1. The van der Waals surface area contributed by atoms with Crippen LogP contribution in [0.2, 0.25) is 0 Å². The zero-order chi connectivity index (χ0) is 18.8. The number of halogens is 1. The first kappa shape index (κ1) is 17.1. The summed E-state index contributed by atoms with van der Waals surface area (Å²) in [4.78, 5) is 21.9. The van der Waals surface area contributed by atoms with Crippen LogP contribution in [-0.4, -0.2) is 32.0 Å². The number of aromatic nitrogens is 4. The molecule has 1 amide bonds. The topological polar surface area (TPSA) is 87.2 Å². The number of carbonyl (C=O) groups is 1. The lowest BCUT2D eigenvalue weighted by molar-refractivity contribution is -0.119. The van der Waals surface area contributed by atoms with Crippen molar-refractivity contribution < 1.29 is 9.18 Å². The predicted molar refractivity (Wildman–Crippen MR) is 96.1 cm³/mol. The van der Waals surface area contributed by atoms with E-state index in [1.807, 2.05) is 6.07 Å². The Kier molecular flexibility index (Phi) is 4.50. The predicted octanol–water partition coefficient (Wildman–Crippen LogP) is 2.98. The van der Waals surface area contributed by atoms with Gasteiger partial charge in [0.1, 0.15) is 11.4 Å². The number of fused-ring (bicyclic) bond motifs is 1. The molecule has 8 heteroatoms. The van der Waals surface area contributed by atoms with Gasteiger partial charge in [-0.1, -0.05) is 19.3 Å². The molecule has 2 aliphatic rings. The van der Waals surface area contributed by atoms with Crippen molar-refractivity contribution in [3.8, 4) is 17.3 Å². The average molecular weight is 364 g/mol. The van der Waals surface area contributed by atoms with Crippen molar-refractivity contribution in [3.63, 3.8) is 0 Å². The van der Waals surface area contributed by atoms with Gasteiger partial charge in [0.2, 0.25) is 11.9 Å². The minimum Gasteiger partial charge on any atom is -0.294 e. The van der Waals surface area contributed by atoms with Gasteiger partial charge in [-0.3, -0.25) is 9.69 Å². The van der Waals surface area contributed by atoms with E-state index in [0.717, 1.165) is 0 Å². The van der Waals surface area contributed by atoms with Crippen molar-refractivity contribution in [3.05, 3.63) is 42.7 Å². The Bertz CT molecular complexity index is 1040. The third kappa shape index (κ3) is 3.36. The number of pyridine rings is 1. The maximum atomic E-state index is 14.0. The van der Waals surface area contributed by atoms with E-state index in [1.165, 1.54) is 34.9 Å². The highest BCUT2D eigenvalue weighted by Gasteiger charge is 2.34. The zero-order valence-corrected chi connectivity index (χ0v) is 14.5. The second-order valence-electron chi connectivity index (χ2n) is 6.47. The summed E-state index contributed by atoms with van der Waals surface area (Å²) in [6.07, 6.45) is 9.46. The fourth-order valence-electron chi connectivity index (χ4n) is 2.83. The highest BCUT2D eigenvalue weighted by molar-refractivity contribution is 6.01. The van der Waals surface area contributed by atoms with Gasteiger partial charge in [-0.05, 0) is 24.6 Å². The van der Waals surface area contributed by atoms with Crippen molar-refractivity contribution in [1.82, 2.24) is 19.6 Å². The van der Waals surface area contributed by atoms with Crippen molar-refractivity contribution in [2.24, 2.45) is 5.92 Å². The first-order chi connectivity index (χ1) is 13.2. The SMILES string of the molecule is C1CC1.N#CC1CCN(c2nc(-c3cccnc3F)cn3nccc23)C1=O. The van der Waals surface area contributed by atoms with Crippen LogP contribution in [0.5, 0.6) is 0 Å². The summed E-state index contributed by atoms with van der Waals surface area (Å²) in [6, 6.07) is 6.89. The van der Waals surface area contributed by atoms with Gasteiger partial charge in [0.05, 0.1) is 29.7 Å². The molecule has 1 unspecified atom stereocenters. The molecule has 136 valence electrons. The normalized spacial score (nSPS) is 18.1. The number of amides is 1. The van der Waals surface area contributed by atoms with E-state index >= 15 is 0 Å². The van der Waals surface area contributed by atoms with Crippen LogP contribution in [0, 0.1) is 23.2 Å². The molecule has 3 aromatic heterocycles. The number of nitriles is 1. The number of hydrogen-bond donors (Lipinski definition) is 0. The molecular formula is C19H17FN6O. The number of nitrogens with zero attached hydrogens (tertiary/aromatic N) is 6. The smallest absolute Gasteiger partial charge is 0.245 e. The van der Waals surface area contributed by atoms with E-state index in [2.05, 4.69) is 15.1 Å². The van der Waals surface area contributed by atoms with Crippen molar-refractivity contribution >= 4 is 17.2 Å². The van der Waals surface area contributed by atoms with E-state index < -0.39 is 11.9 Å². The lowest BCUT2D eigenvalue weighted by Crippen LogP contribution is -2.28. The lowest BCUT2D eigenvalue weighted by Gasteiger charge is -2.17. The van der Waals surface area contributed by atoms with Gasteiger partial charge in [-0.25, -0.2) is 14.5 Å². The molecule has 1 saturated carbocycles. The molecule has 0 bridgehead atoms. The summed E-state index contributed by atoms with van der Waals surface area (Å²) in [7, 11) is 0. The van der Waals surface area contributed by atoms with Crippen LogP contribution in [0.15, 0.2) is 36.8 Å². The van der Waals surface area contributed by atoms with Crippen LogP contribution >= 0.6 is 0 Å². The van der Waals surface area contributed by atoms with Crippen LogP contribution in [0.25, 0.3) is 16.8 Å². The molecule has 7 nitrogen and oxygen atoms in total. The number of carbonyl (C=O) groups excluding carboxylic acids is 1. The molecule has 5 rings (SSSR count). The van der Waals surface area contributed by atoms with Crippen LogP contribution < -0.4 is 4.90 Å². The van der Waals surface area contributed by atoms with E-state index in [-0.39, 0.29) is 11.5 Å². The molecule has 0 spiro atoms. The van der Waals surface area contributed by atoms with Gasteiger partial charge in [-0.15, -0.1) is 0 Å². The van der Waals surface area contributed by atoms with Crippen LogP contribution in [-0.2, 0) is 4.79 Å². The molecule has 1 aliphatic carbocycles. The fraction of sp³-hybridized carbons (Fsp3) is 0.316. The number of rotatable bonds is 2. The molecule has 1 aliphatic heterocycles. The monoisotopic (exact) mass is 364 g/mol. The Labute approximate surface area is 155 Å². The largest absolute Gasteiger partial charge is 0.294 e. The third-order valence-corrected chi connectivity index (χ3v) is 4.38. The molecule has 1 saturated heterocycles. The van der Waals surface area contributed by atoms with Gasteiger partial charge in [0.15, 0.2) is 5.82 Å². The van der Waals surface area contributed by atoms with Crippen LogP contribution in [0.3, 0.4) is 0 Å². The van der Waals surface area contributed by atoms with Gasteiger partial charge in [0, 0.05) is 12.7 Å². The Balaban J connectivity index is 0.000000547. The van der Waals surface area contributed by atoms with Gasteiger partial charge in [-0.2, -0.15) is 14.8 Å². The molecule has 4 heterocycles. The minimum atomic E-state index is -0.673. The van der Waals surface area contributed by atoms with Crippen molar-refractivity contribution in [2.45, 2.75) is 25.7 Å². The summed E-state index contributed by atoms with van der Waals surface area (Å²) < 4.78 is 15.5. The fourth-order valence-corrected chi connectivity index (χ4v) is 2.83. The zero-order valence-electron chi connectivity index (χ0n) is 14.5. The second kappa shape index (κ2) is 7.11. The van der Waals surface area contributed by atoms with Crippen LogP contribution in [0.4, 0.5) is 10.2 Å². The Morgan fingerprint density at radius 3 is 2.70 bits per heavy atom. The van der Waals surface area contributed by atoms with E-state index in [9.17, 15) is 9.18 Å². The maximum Gasteiger partial charge on any atom is 0.245 e. The number of hydrogen-bond acceptors (Lipinski definition) is 5. The molecule has 2 fully saturated rings. The molecule has 27 heavy (non-hydrogen) atoms. The van der Waals surface area contributed by atoms with Gasteiger partial charge < -0.3 is 0 Å². The molecule has 3 aromatic rings. The third-order valence-electron chi connectivity index (χ3n) is 4.38. The highest BCUT2D eigenvalue weighted by Crippen LogP contribution is 2.30. The summed E-state index contributed by atoms with van der Waals surface area (Å²) >= 11 is 0. The lowest BCUT2D eigenvalue weighted by atomic mass is 10.1. The quantitative estimate of drug-likeness (QED) is 0.653.